The zero-order chi connectivity index (χ0) is 17.6. The molecule has 0 aliphatic carbocycles. The predicted octanol–water partition coefficient (Wildman–Crippen LogP) is 2.84. The highest BCUT2D eigenvalue weighted by molar-refractivity contribution is 7.13. The van der Waals surface area contributed by atoms with E-state index in [1.165, 1.54) is 16.2 Å². The van der Waals surface area contributed by atoms with Crippen LogP contribution in [0.4, 0.5) is 0 Å². The van der Waals surface area contributed by atoms with E-state index in [9.17, 15) is 4.79 Å². The van der Waals surface area contributed by atoms with Gasteiger partial charge in [-0.05, 0) is 23.6 Å². The van der Waals surface area contributed by atoms with Gasteiger partial charge >= 0.3 is 0 Å². The number of rotatable bonds is 7. The van der Waals surface area contributed by atoms with Crippen molar-refractivity contribution in [3.05, 3.63) is 47.7 Å². The molecule has 2 heterocycles. The first-order valence-electron chi connectivity index (χ1n) is 7.53. The molecule has 1 amide bonds. The maximum Gasteiger partial charge on any atom is 0.260 e. The zero-order valence-corrected chi connectivity index (χ0v) is 14.7. The molecule has 0 aliphatic heterocycles. The molecule has 25 heavy (non-hydrogen) atoms. The highest BCUT2D eigenvalue weighted by Crippen LogP contribution is 2.25. The maximum absolute atomic E-state index is 12.2. The van der Waals surface area contributed by atoms with Crippen LogP contribution in [0.25, 0.3) is 10.7 Å². The van der Waals surface area contributed by atoms with Crippen LogP contribution in [0, 0.1) is 0 Å². The van der Waals surface area contributed by atoms with Crippen molar-refractivity contribution < 1.29 is 18.8 Å². The first kappa shape index (κ1) is 17.0. The topological polar surface area (TPSA) is 77.7 Å². The van der Waals surface area contributed by atoms with Crippen LogP contribution in [-0.2, 0) is 11.3 Å². The Bertz CT molecular complexity index is 832. The van der Waals surface area contributed by atoms with E-state index in [-0.39, 0.29) is 19.1 Å². The summed E-state index contributed by atoms with van der Waals surface area (Å²) >= 11 is 1.53. The SMILES string of the molecule is COc1ccccc1OCC(=O)N(C)Cc1nc(-c2cccs2)no1. The van der Waals surface area contributed by atoms with Crippen molar-refractivity contribution >= 4 is 17.2 Å². The van der Waals surface area contributed by atoms with E-state index < -0.39 is 0 Å². The van der Waals surface area contributed by atoms with Crippen LogP contribution in [0.3, 0.4) is 0 Å². The number of hydrogen-bond acceptors (Lipinski definition) is 7. The first-order valence-corrected chi connectivity index (χ1v) is 8.41. The molecule has 1 aromatic carbocycles. The first-order chi connectivity index (χ1) is 12.2. The van der Waals surface area contributed by atoms with Gasteiger partial charge in [0.1, 0.15) is 0 Å². The number of thiophene rings is 1. The van der Waals surface area contributed by atoms with Crippen LogP contribution in [0.15, 0.2) is 46.3 Å². The number of nitrogens with zero attached hydrogens (tertiary/aromatic N) is 3. The second kappa shape index (κ2) is 7.80. The summed E-state index contributed by atoms with van der Waals surface area (Å²) in [5.74, 6) is 1.79. The van der Waals surface area contributed by atoms with Crippen LogP contribution < -0.4 is 9.47 Å². The largest absolute Gasteiger partial charge is 0.493 e. The van der Waals surface area contributed by atoms with Crippen LogP contribution in [0.2, 0.25) is 0 Å². The van der Waals surface area contributed by atoms with Crippen molar-refractivity contribution in [2.75, 3.05) is 20.8 Å². The zero-order valence-electron chi connectivity index (χ0n) is 13.8. The molecule has 3 aromatic rings. The van der Waals surface area contributed by atoms with E-state index in [1.807, 2.05) is 29.6 Å². The number of likely N-dealkylation sites (N-methyl/N-ethyl adjacent to an activating group) is 1. The molecule has 0 saturated heterocycles. The van der Waals surface area contributed by atoms with Crippen molar-refractivity contribution in [1.29, 1.82) is 0 Å². The number of amides is 1. The van der Waals surface area contributed by atoms with E-state index in [0.29, 0.717) is 23.2 Å². The molecule has 8 heteroatoms. The number of benzene rings is 1. The minimum Gasteiger partial charge on any atom is -0.493 e. The molecule has 0 bridgehead atoms. The lowest BCUT2D eigenvalue weighted by Gasteiger charge is -2.16. The molecular formula is C17H17N3O4S. The molecule has 0 saturated carbocycles. The summed E-state index contributed by atoms with van der Waals surface area (Å²) in [6.07, 6.45) is 0. The lowest BCUT2D eigenvalue weighted by molar-refractivity contribution is -0.132. The average Bonchev–Trinajstić information content (AvgIpc) is 3.31. The summed E-state index contributed by atoms with van der Waals surface area (Å²) < 4.78 is 15.9. The summed E-state index contributed by atoms with van der Waals surface area (Å²) in [6, 6.07) is 11.0. The molecule has 7 nitrogen and oxygen atoms in total. The lowest BCUT2D eigenvalue weighted by Crippen LogP contribution is -2.31. The molecule has 0 atom stereocenters. The second-order valence-electron chi connectivity index (χ2n) is 5.18. The Kier molecular flexibility index (Phi) is 5.30. The number of carbonyl (C=O) groups excluding carboxylic acids is 1. The van der Waals surface area contributed by atoms with Gasteiger partial charge in [-0.3, -0.25) is 4.79 Å². The van der Waals surface area contributed by atoms with Crippen LogP contribution in [0.5, 0.6) is 11.5 Å². The smallest absolute Gasteiger partial charge is 0.260 e. The number of hydrogen-bond donors (Lipinski definition) is 0. The van der Waals surface area contributed by atoms with E-state index >= 15 is 0 Å². The van der Waals surface area contributed by atoms with Crippen molar-refractivity contribution in [1.82, 2.24) is 15.0 Å². The van der Waals surface area contributed by atoms with Crippen molar-refractivity contribution in [3.63, 3.8) is 0 Å². The predicted molar refractivity (Wildman–Crippen MR) is 92.6 cm³/mol. The molecule has 0 radical (unpaired) electrons. The molecule has 0 N–H and O–H groups in total. The Morgan fingerprint density at radius 2 is 2.04 bits per heavy atom. The third-order valence-electron chi connectivity index (χ3n) is 3.43. The van der Waals surface area contributed by atoms with Gasteiger partial charge in [-0.15, -0.1) is 11.3 Å². The molecule has 3 rings (SSSR count). The molecular weight excluding hydrogens is 342 g/mol. The van der Waals surface area contributed by atoms with Gasteiger partial charge in [-0.25, -0.2) is 0 Å². The lowest BCUT2D eigenvalue weighted by atomic mass is 10.3. The molecule has 130 valence electrons. The van der Waals surface area contributed by atoms with Gasteiger partial charge in [0, 0.05) is 7.05 Å². The minimum absolute atomic E-state index is 0.108. The third kappa shape index (κ3) is 4.16. The summed E-state index contributed by atoms with van der Waals surface area (Å²) in [5, 5.41) is 5.87. The molecule has 0 spiro atoms. The Labute approximate surface area is 148 Å². The summed E-state index contributed by atoms with van der Waals surface area (Å²) in [5.41, 5.74) is 0. The quantitative estimate of drug-likeness (QED) is 0.645. The summed E-state index contributed by atoms with van der Waals surface area (Å²) in [6.45, 7) is 0.106. The van der Waals surface area contributed by atoms with E-state index in [1.54, 1.807) is 26.3 Å². The van der Waals surface area contributed by atoms with Gasteiger partial charge in [-0.1, -0.05) is 23.4 Å². The Morgan fingerprint density at radius 3 is 2.76 bits per heavy atom. The van der Waals surface area contributed by atoms with Gasteiger partial charge in [0.2, 0.25) is 11.7 Å². The molecule has 0 fully saturated rings. The minimum atomic E-state index is -0.207. The van der Waals surface area contributed by atoms with Gasteiger partial charge in [0.15, 0.2) is 18.1 Å². The number of carbonyl (C=O) groups is 1. The van der Waals surface area contributed by atoms with Crippen LogP contribution in [-0.4, -0.2) is 41.7 Å². The summed E-state index contributed by atoms with van der Waals surface area (Å²) in [4.78, 5) is 18.9. The maximum atomic E-state index is 12.2. The Balaban J connectivity index is 1.56. The molecule has 2 aromatic heterocycles. The third-order valence-corrected chi connectivity index (χ3v) is 4.29. The fourth-order valence-electron chi connectivity index (χ4n) is 2.10. The standard InChI is InChI=1S/C17H17N3O4S/c1-20(10-15-18-17(19-24-15)14-8-5-9-25-14)16(21)11-23-13-7-4-3-6-12(13)22-2/h3-9H,10-11H2,1-2H3. The highest BCUT2D eigenvalue weighted by Gasteiger charge is 2.16. The van der Waals surface area contributed by atoms with Crippen molar-refractivity contribution in [3.8, 4) is 22.2 Å². The van der Waals surface area contributed by atoms with Gasteiger partial charge < -0.3 is 18.9 Å². The highest BCUT2D eigenvalue weighted by atomic mass is 32.1. The van der Waals surface area contributed by atoms with Gasteiger partial charge in [-0.2, -0.15) is 4.98 Å². The van der Waals surface area contributed by atoms with E-state index in [2.05, 4.69) is 10.1 Å². The van der Waals surface area contributed by atoms with Crippen molar-refractivity contribution in [2.45, 2.75) is 6.54 Å². The number of para-hydroxylation sites is 2. The monoisotopic (exact) mass is 359 g/mol. The molecule has 0 aliphatic rings. The Hall–Kier alpha value is -2.87. The fourth-order valence-corrected chi connectivity index (χ4v) is 2.75. The van der Waals surface area contributed by atoms with Crippen LogP contribution >= 0.6 is 11.3 Å². The Morgan fingerprint density at radius 1 is 1.24 bits per heavy atom. The summed E-state index contributed by atoms with van der Waals surface area (Å²) in [7, 11) is 3.21. The average molecular weight is 359 g/mol. The van der Waals surface area contributed by atoms with E-state index in [4.69, 9.17) is 14.0 Å². The van der Waals surface area contributed by atoms with Crippen molar-refractivity contribution in [2.24, 2.45) is 0 Å². The van der Waals surface area contributed by atoms with Gasteiger partial charge in [0.05, 0.1) is 18.5 Å². The second-order valence-corrected chi connectivity index (χ2v) is 6.13. The number of methoxy groups -OCH3 is 1. The molecule has 0 unspecified atom stereocenters. The van der Waals surface area contributed by atoms with E-state index in [0.717, 1.165) is 4.88 Å². The van der Waals surface area contributed by atoms with Crippen LogP contribution in [0.1, 0.15) is 5.89 Å². The fraction of sp³-hybridized carbons (Fsp3) is 0.235. The van der Waals surface area contributed by atoms with Gasteiger partial charge in [0.25, 0.3) is 5.91 Å². The normalized spacial score (nSPS) is 10.5. The number of aromatic nitrogens is 2. The number of ether oxygens (including phenoxy) is 2.